The van der Waals surface area contributed by atoms with E-state index in [1.807, 2.05) is 0 Å². The maximum atomic E-state index is 10.7. The van der Waals surface area contributed by atoms with Gasteiger partial charge in [0, 0.05) is 13.0 Å². The summed E-state index contributed by atoms with van der Waals surface area (Å²) in [5.74, 6) is -1.09. The van der Waals surface area contributed by atoms with E-state index in [4.69, 9.17) is 5.11 Å². The lowest BCUT2D eigenvalue weighted by molar-refractivity contribution is -0.143. The lowest BCUT2D eigenvalue weighted by atomic mass is 9.86. The number of carbonyl (C=O) groups excluding carboxylic acids is 1. The van der Waals surface area contributed by atoms with Gasteiger partial charge in [0.1, 0.15) is 0 Å². The van der Waals surface area contributed by atoms with Crippen LogP contribution in [0.5, 0.6) is 0 Å². The molecule has 0 spiro atoms. The van der Waals surface area contributed by atoms with E-state index in [2.05, 4.69) is 5.32 Å². The molecule has 0 saturated heterocycles. The van der Waals surface area contributed by atoms with Gasteiger partial charge in [-0.1, -0.05) is 6.42 Å². The van der Waals surface area contributed by atoms with Crippen LogP contribution in [0.15, 0.2) is 0 Å². The number of carbonyl (C=O) groups is 2. The van der Waals surface area contributed by atoms with Gasteiger partial charge in [-0.15, -0.1) is 0 Å². The Kier molecular flexibility index (Phi) is 3.28. The van der Waals surface area contributed by atoms with Gasteiger partial charge in [-0.05, 0) is 19.3 Å². The number of hydrogen-bond acceptors (Lipinski definition) is 2. The molecule has 0 heterocycles. The molecule has 1 rings (SSSR count). The van der Waals surface area contributed by atoms with Crippen LogP contribution in [0.4, 0.5) is 0 Å². The molecule has 74 valence electrons. The summed E-state index contributed by atoms with van der Waals surface area (Å²) in [6.07, 6.45) is 3.12. The van der Waals surface area contributed by atoms with Gasteiger partial charge in [-0.3, -0.25) is 9.59 Å². The second-order valence-corrected chi connectivity index (χ2v) is 3.60. The first-order valence-corrected chi connectivity index (χ1v) is 4.59. The number of carboxylic acid groups (broad SMARTS) is 1. The van der Waals surface area contributed by atoms with Gasteiger partial charge >= 0.3 is 5.97 Å². The smallest absolute Gasteiger partial charge is 0.306 e. The van der Waals surface area contributed by atoms with Crippen molar-refractivity contribution in [1.29, 1.82) is 0 Å². The first-order valence-electron chi connectivity index (χ1n) is 4.59. The van der Waals surface area contributed by atoms with E-state index in [0.717, 1.165) is 19.3 Å². The van der Waals surface area contributed by atoms with Crippen molar-refractivity contribution in [3.8, 4) is 0 Å². The second kappa shape index (κ2) is 4.25. The van der Waals surface area contributed by atoms with Gasteiger partial charge in [-0.25, -0.2) is 0 Å². The molecule has 1 aliphatic carbocycles. The molecule has 4 nitrogen and oxygen atoms in total. The van der Waals surface area contributed by atoms with Gasteiger partial charge in [0.05, 0.1) is 5.92 Å². The molecule has 2 atom stereocenters. The van der Waals surface area contributed by atoms with Crippen molar-refractivity contribution < 1.29 is 14.7 Å². The maximum Gasteiger partial charge on any atom is 0.306 e. The van der Waals surface area contributed by atoms with E-state index < -0.39 is 5.97 Å². The zero-order valence-electron chi connectivity index (χ0n) is 7.75. The van der Waals surface area contributed by atoms with Crippen LogP contribution in [0.2, 0.25) is 0 Å². The second-order valence-electron chi connectivity index (χ2n) is 3.60. The molecule has 1 aliphatic rings. The van der Waals surface area contributed by atoms with Gasteiger partial charge in [0.2, 0.25) is 5.91 Å². The molecule has 13 heavy (non-hydrogen) atoms. The molecule has 0 aromatic rings. The van der Waals surface area contributed by atoms with Crippen LogP contribution >= 0.6 is 0 Å². The average Bonchev–Trinajstić information content (AvgIpc) is 2.03. The number of amides is 1. The molecule has 1 fully saturated rings. The molecule has 2 N–H and O–H groups in total. The van der Waals surface area contributed by atoms with Crippen LogP contribution in [0.1, 0.15) is 32.6 Å². The Morgan fingerprint density at radius 3 is 2.62 bits per heavy atom. The highest BCUT2D eigenvalue weighted by Gasteiger charge is 2.26. The van der Waals surface area contributed by atoms with Crippen LogP contribution in [0, 0.1) is 5.92 Å². The molecule has 0 aromatic heterocycles. The number of rotatable bonds is 2. The molecular formula is C9H15NO3. The van der Waals surface area contributed by atoms with E-state index in [1.54, 1.807) is 0 Å². The highest BCUT2D eigenvalue weighted by molar-refractivity contribution is 5.73. The third-order valence-corrected chi connectivity index (χ3v) is 2.43. The summed E-state index contributed by atoms with van der Waals surface area (Å²) in [4.78, 5) is 21.4. The third-order valence-electron chi connectivity index (χ3n) is 2.43. The standard InChI is InChI=1S/C9H15NO3/c1-6(11)10-8-4-2-3-7(5-8)9(12)13/h7-8H,2-5H2,1H3,(H,10,11)(H,12,13)/t7?,8-/m1/s1. The normalized spacial score (nSPS) is 28.1. The molecular weight excluding hydrogens is 170 g/mol. The van der Waals surface area contributed by atoms with Gasteiger partial charge in [-0.2, -0.15) is 0 Å². The Hall–Kier alpha value is -1.06. The van der Waals surface area contributed by atoms with E-state index in [0.29, 0.717) is 6.42 Å². The van der Waals surface area contributed by atoms with E-state index in [-0.39, 0.29) is 17.9 Å². The molecule has 1 amide bonds. The van der Waals surface area contributed by atoms with Crippen molar-refractivity contribution in [2.45, 2.75) is 38.6 Å². The monoisotopic (exact) mass is 185 g/mol. The SMILES string of the molecule is CC(=O)N[C@@H]1CCCC(C(=O)O)C1. The van der Waals surface area contributed by atoms with Crippen molar-refractivity contribution in [3.63, 3.8) is 0 Å². The summed E-state index contributed by atoms with van der Waals surface area (Å²) >= 11 is 0. The van der Waals surface area contributed by atoms with Crippen LogP contribution in [0.25, 0.3) is 0 Å². The minimum absolute atomic E-state index is 0.0624. The summed E-state index contributed by atoms with van der Waals surface area (Å²) in [6, 6.07) is 0.0624. The summed E-state index contributed by atoms with van der Waals surface area (Å²) in [5, 5.41) is 11.5. The lowest BCUT2D eigenvalue weighted by Gasteiger charge is -2.26. The van der Waals surface area contributed by atoms with E-state index in [1.165, 1.54) is 6.92 Å². The van der Waals surface area contributed by atoms with Crippen LogP contribution in [0.3, 0.4) is 0 Å². The number of hydrogen-bond donors (Lipinski definition) is 2. The summed E-state index contributed by atoms with van der Waals surface area (Å²) in [7, 11) is 0. The van der Waals surface area contributed by atoms with Gasteiger partial charge in [0.15, 0.2) is 0 Å². The zero-order chi connectivity index (χ0) is 9.84. The largest absolute Gasteiger partial charge is 0.481 e. The Morgan fingerprint density at radius 2 is 2.08 bits per heavy atom. The molecule has 1 unspecified atom stereocenters. The fourth-order valence-corrected chi connectivity index (χ4v) is 1.83. The van der Waals surface area contributed by atoms with Gasteiger partial charge in [0.25, 0.3) is 0 Å². The fourth-order valence-electron chi connectivity index (χ4n) is 1.83. The molecule has 1 saturated carbocycles. The minimum Gasteiger partial charge on any atom is -0.481 e. The Balaban J connectivity index is 2.41. The minimum atomic E-state index is -0.741. The van der Waals surface area contributed by atoms with Crippen molar-refractivity contribution in [2.24, 2.45) is 5.92 Å². The highest BCUT2D eigenvalue weighted by Crippen LogP contribution is 2.24. The Labute approximate surface area is 77.3 Å². The fraction of sp³-hybridized carbons (Fsp3) is 0.778. The van der Waals surface area contributed by atoms with Crippen LogP contribution in [-0.2, 0) is 9.59 Å². The van der Waals surface area contributed by atoms with Crippen molar-refractivity contribution in [2.75, 3.05) is 0 Å². The van der Waals surface area contributed by atoms with Crippen molar-refractivity contribution in [3.05, 3.63) is 0 Å². The van der Waals surface area contributed by atoms with Crippen LogP contribution in [-0.4, -0.2) is 23.0 Å². The third kappa shape index (κ3) is 3.05. The van der Waals surface area contributed by atoms with Crippen molar-refractivity contribution >= 4 is 11.9 Å². The quantitative estimate of drug-likeness (QED) is 0.667. The van der Waals surface area contributed by atoms with E-state index >= 15 is 0 Å². The van der Waals surface area contributed by atoms with Crippen molar-refractivity contribution in [1.82, 2.24) is 5.32 Å². The number of carboxylic acids is 1. The molecule has 4 heteroatoms. The Bertz CT molecular complexity index is 215. The van der Waals surface area contributed by atoms with Gasteiger partial charge < -0.3 is 10.4 Å². The summed E-state index contributed by atoms with van der Waals surface area (Å²) < 4.78 is 0. The predicted molar refractivity (Wildman–Crippen MR) is 47.2 cm³/mol. The number of nitrogens with one attached hydrogen (secondary N) is 1. The predicted octanol–water partition coefficient (Wildman–Crippen LogP) is 0.766. The molecule has 0 radical (unpaired) electrons. The summed E-state index contributed by atoms with van der Waals surface area (Å²) in [6.45, 7) is 1.46. The lowest BCUT2D eigenvalue weighted by Crippen LogP contribution is -2.38. The van der Waals surface area contributed by atoms with E-state index in [9.17, 15) is 9.59 Å². The molecule has 0 aliphatic heterocycles. The molecule has 0 bridgehead atoms. The van der Waals surface area contributed by atoms with Crippen LogP contribution < -0.4 is 5.32 Å². The first kappa shape index (κ1) is 10.0. The first-order chi connectivity index (χ1) is 6.09. The number of aliphatic carboxylic acids is 1. The zero-order valence-corrected chi connectivity index (χ0v) is 7.75. The molecule has 0 aromatic carbocycles. The topological polar surface area (TPSA) is 66.4 Å². The summed E-state index contributed by atoms with van der Waals surface area (Å²) in [5.41, 5.74) is 0. The highest BCUT2D eigenvalue weighted by atomic mass is 16.4. The average molecular weight is 185 g/mol. The maximum absolute atomic E-state index is 10.7. The Morgan fingerprint density at radius 1 is 1.38 bits per heavy atom.